The lowest BCUT2D eigenvalue weighted by Crippen LogP contribution is -2.16. The lowest BCUT2D eigenvalue weighted by atomic mass is 10.1. The average Bonchev–Trinajstić information content (AvgIpc) is 2.92. The molecular formula is C12H10ClNO6S. The smallest absolute Gasteiger partial charge is 0.339 e. The summed E-state index contributed by atoms with van der Waals surface area (Å²) in [6.07, 6.45) is 2.20. The Kier molecular flexibility index (Phi) is 4.10. The zero-order valence-corrected chi connectivity index (χ0v) is 12.2. The van der Waals surface area contributed by atoms with Crippen LogP contribution in [0.1, 0.15) is 10.4 Å². The van der Waals surface area contributed by atoms with E-state index in [9.17, 15) is 18.3 Å². The predicted octanol–water partition coefficient (Wildman–Crippen LogP) is 2.44. The summed E-state index contributed by atoms with van der Waals surface area (Å²) in [7, 11) is -2.74. The molecule has 0 bridgehead atoms. The van der Waals surface area contributed by atoms with E-state index >= 15 is 0 Å². The minimum Gasteiger partial charge on any atom is -0.495 e. The highest BCUT2D eigenvalue weighted by Crippen LogP contribution is 2.35. The van der Waals surface area contributed by atoms with E-state index < -0.39 is 21.6 Å². The number of sulfonamides is 1. The second kappa shape index (κ2) is 5.66. The molecule has 0 fully saturated rings. The minimum absolute atomic E-state index is 0.0314. The molecule has 1 aromatic heterocycles. The Balaban J connectivity index is 2.58. The topological polar surface area (TPSA) is 106 Å². The third-order valence-electron chi connectivity index (χ3n) is 2.59. The van der Waals surface area contributed by atoms with Crippen molar-refractivity contribution >= 4 is 33.3 Å². The van der Waals surface area contributed by atoms with Crippen molar-refractivity contribution in [3.05, 3.63) is 41.3 Å². The van der Waals surface area contributed by atoms with Crippen LogP contribution in [0.3, 0.4) is 0 Å². The standard InChI is InChI=1S/C12H10ClNO6S/c1-19-9-3-2-8(13)10(12(15)16)11(9)14-21(17,18)7-4-5-20-6-7/h2-6,14H,1H3,(H,15,16). The number of hydrogen-bond acceptors (Lipinski definition) is 5. The second-order valence-corrected chi connectivity index (χ2v) is 5.96. The van der Waals surface area contributed by atoms with Crippen LogP contribution >= 0.6 is 11.6 Å². The number of benzene rings is 1. The van der Waals surface area contributed by atoms with E-state index in [4.69, 9.17) is 20.8 Å². The fraction of sp³-hybridized carbons (Fsp3) is 0.0833. The molecule has 0 saturated carbocycles. The molecule has 2 aromatic rings. The van der Waals surface area contributed by atoms with Gasteiger partial charge in [-0.15, -0.1) is 0 Å². The summed E-state index contributed by atoms with van der Waals surface area (Å²) in [6, 6.07) is 3.89. The van der Waals surface area contributed by atoms with E-state index in [0.717, 1.165) is 6.26 Å². The highest BCUT2D eigenvalue weighted by Gasteiger charge is 2.24. The van der Waals surface area contributed by atoms with Crippen molar-refractivity contribution in [2.75, 3.05) is 11.8 Å². The van der Waals surface area contributed by atoms with Crippen LogP contribution in [0.4, 0.5) is 5.69 Å². The van der Waals surface area contributed by atoms with E-state index in [-0.39, 0.29) is 21.4 Å². The number of ether oxygens (including phenoxy) is 1. The maximum Gasteiger partial charge on any atom is 0.339 e. The summed E-state index contributed by atoms with van der Waals surface area (Å²) < 4.78 is 36.1. The Hall–Kier alpha value is -2.19. The molecule has 0 spiro atoms. The largest absolute Gasteiger partial charge is 0.495 e. The second-order valence-electron chi connectivity index (χ2n) is 3.87. The first-order valence-electron chi connectivity index (χ1n) is 5.51. The van der Waals surface area contributed by atoms with Gasteiger partial charge in [-0.2, -0.15) is 0 Å². The van der Waals surface area contributed by atoms with Gasteiger partial charge in [0, 0.05) is 0 Å². The third-order valence-corrected chi connectivity index (χ3v) is 4.23. The van der Waals surface area contributed by atoms with Gasteiger partial charge >= 0.3 is 5.97 Å². The van der Waals surface area contributed by atoms with Crippen molar-refractivity contribution < 1.29 is 27.5 Å². The normalized spacial score (nSPS) is 11.1. The van der Waals surface area contributed by atoms with Crippen LogP contribution in [0.15, 0.2) is 40.0 Å². The molecule has 0 unspecified atom stereocenters. The number of furan rings is 1. The molecule has 21 heavy (non-hydrogen) atoms. The maximum absolute atomic E-state index is 12.2. The molecule has 1 aromatic carbocycles. The quantitative estimate of drug-likeness (QED) is 0.871. The van der Waals surface area contributed by atoms with Gasteiger partial charge in [-0.05, 0) is 18.2 Å². The number of hydrogen-bond donors (Lipinski definition) is 2. The van der Waals surface area contributed by atoms with Gasteiger partial charge in [-0.3, -0.25) is 4.72 Å². The van der Waals surface area contributed by atoms with E-state index in [1.54, 1.807) is 0 Å². The molecule has 1 heterocycles. The maximum atomic E-state index is 12.2. The Morgan fingerprint density at radius 1 is 1.38 bits per heavy atom. The Labute approximate surface area is 125 Å². The van der Waals surface area contributed by atoms with Crippen molar-refractivity contribution in [3.8, 4) is 5.75 Å². The number of nitrogens with one attached hydrogen (secondary N) is 1. The zero-order chi connectivity index (χ0) is 15.6. The zero-order valence-electron chi connectivity index (χ0n) is 10.7. The molecule has 2 N–H and O–H groups in total. The van der Waals surface area contributed by atoms with E-state index in [1.807, 2.05) is 0 Å². The molecule has 0 aliphatic heterocycles. The molecule has 0 amide bonds. The number of carboxylic acid groups (broad SMARTS) is 1. The van der Waals surface area contributed by atoms with Gasteiger partial charge in [-0.25, -0.2) is 13.2 Å². The van der Waals surface area contributed by atoms with Crippen LogP contribution < -0.4 is 9.46 Å². The van der Waals surface area contributed by atoms with Crippen LogP contribution in [0, 0.1) is 0 Å². The van der Waals surface area contributed by atoms with Crippen molar-refractivity contribution in [2.45, 2.75) is 4.90 Å². The number of carbonyl (C=O) groups is 1. The molecule has 0 aliphatic rings. The molecule has 9 heteroatoms. The fourth-order valence-electron chi connectivity index (χ4n) is 1.64. The highest BCUT2D eigenvalue weighted by molar-refractivity contribution is 7.92. The van der Waals surface area contributed by atoms with E-state index in [0.29, 0.717) is 0 Å². The SMILES string of the molecule is COc1ccc(Cl)c(C(=O)O)c1NS(=O)(=O)c1ccoc1. The molecular weight excluding hydrogens is 322 g/mol. The molecule has 0 radical (unpaired) electrons. The third kappa shape index (κ3) is 2.96. The number of aromatic carboxylic acids is 1. The van der Waals surface area contributed by atoms with Gasteiger partial charge in [0.15, 0.2) is 0 Å². The minimum atomic E-state index is -4.02. The fourth-order valence-corrected chi connectivity index (χ4v) is 2.88. The summed E-state index contributed by atoms with van der Waals surface area (Å²) in [6.45, 7) is 0. The number of methoxy groups -OCH3 is 1. The number of anilines is 1. The van der Waals surface area contributed by atoms with Gasteiger partial charge < -0.3 is 14.3 Å². The highest BCUT2D eigenvalue weighted by atomic mass is 35.5. The van der Waals surface area contributed by atoms with Crippen molar-refractivity contribution in [1.29, 1.82) is 0 Å². The first kappa shape index (κ1) is 15.2. The van der Waals surface area contributed by atoms with E-state index in [2.05, 4.69) is 4.72 Å². The van der Waals surface area contributed by atoms with Crippen LogP contribution in [0.25, 0.3) is 0 Å². The lowest BCUT2D eigenvalue weighted by molar-refractivity contribution is 0.0698. The number of carboxylic acids is 1. The van der Waals surface area contributed by atoms with Crippen LogP contribution in [-0.4, -0.2) is 26.6 Å². The Morgan fingerprint density at radius 2 is 2.10 bits per heavy atom. The molecule has 0 aliphatic carbocycles. The van der Waals surface area contributed by atoms with Crippen LogP contribution in [0.5, 0.6) is 5.75 Å². The summed E-state index contributed by atoms with van der Waals surface area (Å²) in [4.78, 5) is 11.1. The summed E-state index contributed by atoms with van der Waals surface area (Å²) in [5.74, 6) is -1.35. The van der Waals surface area contributed by atoms with Gasteiger partial charge in [0.2, 0.25) is 0 Å². The van der Waals surface area contributed by atoms with Crippen molar-refractivity contribution in [3.63, 3.8) is 0 Å². The first-order valence-corrected chi connectivity index (χ1v) is 7.37. The summed E-state index contributed by atoms with van der Waals surface area (Å²) >= 11 is 5.82. The molecule has 112 valence electrons. The van der Waals surface area contributed by atoms with Crippen molar-refractivity contribution in [1.82, 2.24) is 0 Å². The van der Waals surface area contributed by atoms with Gasteiger partial charge in [-0.1, -0.05) is 11.6 Å². The lowest BCUT2D eigenvalue weighted by Gasteiger charge is -2.14. The molecule has 0 saturated heterocycles. The number of rotatable bonds is 5. The van der Waals surface area contributed by atoms with Gasteiger partial charge in [0.25, 0.3) is 10.0 Å². The molecule has 2 rings (SSSR count). The molecule has 0 atom stereocenters. The van der Waals surface area contributed by atoms with Gasteiger partial charge in [0.05, 0.1) is 18.4 Å². The van der Waals surface area contributed by atoms with E-state index in [1.165, 1.54) is 31.6 Å². The number of halogens is 1. The Bertz CT molecular complexity index is 769. The summed E-state index contributed by atoms with van der Waals surface area (Å²) in [5, 5.41) is 9.08. The molecule has 7 nitrogen and oxygen atoms in total. The predicted molar refractivity (Wildman–Crippen MR) is 74.5 cm³/mol. The van der Waals surface area contributed by atoms with Crippen LogP contribution in [0.2, 0.25) is 5.02 Å². The Morgan fingerprint density at radius 3 is 2.62 bits per heavy atom. The van der Waals surface area contributed by atoms with Gasteiger partial charge in [0.1, 0.15) is 28.2 Å². The first-order chi connectivity index (χ1) is 9.86. The van der Waals surface area contributed by atoms with Crippen LogP contribution in [-0.2, 0) is 10.0 Å². The average molecular weight is 332 g/mol. The summed E-state index contributed by atoms with van der Waals surface area (Å²) in [5.41, 5.74) is -0.651. The monoisotopic (exact) mass is 331 g/mol. The van der Waals surface area contributed by atoms with Crippen molar-refractivity contribution in [2.24, 2.45) is 0 Å².